The molecule has 2 rings (SSSR count). The van der Waals surface area contributed by atoms with Gasteiger partial charge in [0.15, 0.2) is 0 Å². The SMILES string of the molecule is COc1cc(OC)c([C@H]2CCN(C)C[C@@H]2O)c(OC)c1. The summed E-state index contributed by atoms with van der Waals surface area (Å²) in [5.41, 5.74) is 0.927. The molecule has 20 heavy (non-hydrogen) atoms. The number of piperidine rings is 1. The van der Waals surface area contributed by atoms with Gasteiger partial charge in [0, 0.05) is 30.2 Å². The largest absolute Gasteiger partial charge is 0.496 e. The quantitative estimate of drug-likeness (QED) is 0.906. The van der Waals surface area contributed by atoms with Gasteiger partial charge in [0.05, 0.1) is 27.4 Å². The molecule has 1 N–H and O–H groups in total. The first-order chi connectivity index (χ1) is 9.60. The van der Waals surface area contributed by atoms with Gasteiger partial charge in [-0.1, -0.05) is 0 Å². The number of aliphatic hydroxyl groups excluding tert-OH is 1. The molecule has 0 amide bonds. The second kappa shape index (κ2) is 6.33. The van der Waals surface area contributed by atoms with E-state index in [9.17, 15) is 5.11 Å². The molecule has 0 aromatic heterocycles. The van der Waals surface area contributed by atoms with Crippen LogP contribution in [0.5, 0.6) is 17.2 Å². The van der Waals surface area contributed by atoms with E-state index >= 15 is 0 Å². The van der Waals surface area contributed by atoms with Crippen LogP contribution in [0.1, 0.15) is 17.9 Å². The molecule has 0 radical (unpaired) electrons. The Bertz CT molecular complexity index is 438. The van der Waals surface area contributed by atoms with Crippen molar-refractivity contribution in [3.05, 3.63) is 17.7 Å². The van der Waals surface area contributed by atoms with Crippen LogP contribution in [0, 0.1) is 0 Å². The fourth-order valence-electron chi connectivity index (χ4n) is 2.82. The lowest BCUT2D eigenvalue weighted by Crippen LogP contribution is -2.40. The first-order valence-corrected chi connectivity index (χ1v) is 6.77. The summed E-state index contributed by atoms with van der Waals surface area (Å²) in [6.07, 6.45) is 0.446. The third-order valence-corrected chi connectivity index (χ3v) is 3.91. The number of aliphatic hydroxyl groups is 1. The molecular formula is C15H23NO4. The molecular weight excluding hydrogens is 258 g/mol. The van der Waals surface area contributed by atoms with Crippen LogP contribution in [0.3, 0.4) is 0 Å². The molecule has 1 aliphatic heterocycles. The van der Waals surface area contributed by atoms with Crippen LogP contribution in [0.2, 0.25) is 0 Å². The van der Waals surface area contributed by atoms with Gasteiger partial charge in [0.1, 0.15) is 17.2 Å². The summed E-state index contributed by atoms with van der Waals surface area (Å²) in [6, 6.07) is 3.67. The second-order valence-electron chi connectivity index (χ2n) is 5.17. The van der Waals surface area contributed by atoms with Crippen molar-refractivity contribution in [2.24, 2.45) is 0 Å². The van der Waals surface area contributed by atoms with E-state index in [1.807, 2.05) is 19.2 Å². The summed E-state index contributed by atoms with van der Waals surface area (Å²) in [5.74, 6) is 2.11. The van der Waals surface area contributed by atoms with Crippen molar-refractivity contribution in [1.29, 1.82) is 0 Å². The number of ether oxygens (including phenoxy) is 3. The average Bonchev–Trinajstić information content (AvgIpc) is 2.46. The number of hydrogen-bond donors (Lipinski definition) is 1. The average molecular weight is 281 g/mol. The predicted molar refractivity (Wildman–Crippen MR) is 77.0 cm³/mol. The fraction of sp³-hybridized carbons (Fsp3) is 0.600. The van der Waals surface area contributed by atoms with Gasteiger partial charge < -0.3 is 24.2 Å². The van der Waals surface area contributed by atoms with Crippen LogP contribution in [-0.4, -0.2) is 57.6 Å². The maximum absolute atomic E-state index is 10.4. The van der Waals surface area contributed by atoms with Gasteiger partial charge in [-0.15, -0.1) is 0 Å². The zero-order chi connectivity index (χ0) is 14.7. The van der Waals surface area contributed by atoms with Crippen molar-refractivity contribution in [2.75, 3.05) is 41.5 Å². The summed E-state index contributed by atoms with van der Waals surface area (Å²) in [4.78, 5) is 2.13. The van der Waals surface area contributed by atoms with E-state index in [0.717, 1.165) is 18.5 Å². The van der Waals surface area contributed by atoms with Crippen LogP contribution >= 0.6 is 0 Å². The van der Waals surface area contributed by atoms with Gasteiger partial charge in [0.2, 0.25) is 0 Å². The van der Waals surface area contributed by atoms with Gasteiger partial charge >= 0.3 is 0 Å². The lowest BCUT2D eigenvalue weighted by molar-refractivity contribution is 0.0619. The number of methoxy groups -OCH3 is 3. The van der Waals surface area contributed by atoms with Crippen LogP contribution in [-0.2, 0) is 0 Å². The lowest BCUT2D eigenvalue weighted by atomic mass is 9.86. The van der Waals surface area contributed by atoms with Gasteiger partial charge in [-0.25, -0.2) is 0 Å². The summed E-state index contributed by atoms with van der Waals surface area (Å²) >= 11 is 0. The van der Waals surface area contributed by atoms with E-state index in [1.165, 1.54) is 0 Å². The van der Waals surface area contributed by atoms with Gasteiger partial charge in [-0.05, 0) is 20.0 Å². The van der Waals surface area contributed by atoms with Crippen LogP contribution in [0.4, 0.5) is 0 Å². The molecule has 1 aliphatic rings. The summed E-state index contributed by atoms with van der Waals surface area (Å²) in [7, 11) is 6.87. The first kappa shape index (κ1) is 14.9. The van der Waals surface area contributed by atoms with Crippen molar-refractivity contribution in [3.8, 4) is 17.2 Å². The Morgan fingerprint density at radius 2 is 1.70 bits per heavy atom. The van der Waals surface area contributed by atoms with E-state index in [2.05, 4.69) is 4.90 Å². The molecule has 5 nitrogen and oxygen atoms in total. The maximum atomic E-state index is 10.4. The maximum Gasteiger partial charge on any atom is 0.129 e. The number of benzene rings is 1. The van der Waals surface area contributed by atoms with E-state index in [1.54, 1.807) is 21.3 Å². The third kappa shape index (κ3) is 2.83. The molecule has 1 saturated heterocycles. The summed E-state index contributed by atoms with van der Waals surface area (Å²) in [5, 5.41) is 10.4. The number of rotatable bonds is 4. The normalized spacial score (nSPS) is 23.4. The Hall–Kier alpha value is -1.46. The van der Waals surface area contributed by atoms with Gasteiger partial charge in [-0.3, -0.25) is 0 Å². The summed E-state index contributed by atoms with van der Waals surface area (Å²) in [6.45, 7) is 1.60. The Kier molecular flexibility index (Phi) is 4.73. The number of β-amino-alcohol motifs (C(OH)–C–C–N with tert-alkyl or cyclic N) is 1. The van der Waals surface area contributed by atoms with Crippen molar-refractivity contribution in [2.45, 2.75) is 18.4 Å². The van der Waals surface area contributed by atoms with Crippen molar-refractivity contribution in [1.82, 2.24) is 4.90 Å². The molecule has 0 aliphatic carbocycles. The van der Waals surface area contributed by atoms with Crippen LogP contribution in [0.25, 0.3) is 0 Å². The van der Waals surface area contributed by atoms with Crippen LogP contribution in [0.15, 0.2) is 12.1 Å². The highest BCUT2D eigenvalue weighted by molar-refractivity contribution is 5.53. The number of nitrogens with zero attached hydrogens (tertiary/aromatic N) is 1. The molecule has 0 saturated carbocycles. The van der Waals surface area contributed by atoms with E-state index in [-0.39, 0.29) is 5.92 Å². The van der Waals surface area contributed by atoms with Crippen molar-refractivity contribution < 1.29 is 19.3 Å². The highest BCUT2D eigenvalue weighted by atomic mass is 16.5. The third-order valence-electron chi connectivity index (χ3n) is 3.91. The molecule has 0 spiro atoms. The Labute approximate surface area is 120 Å². The second-order valence-corrected chi connectivity index (χ2v) is 5.17. The number of likely N-dealkylation sites (N-methyl/N-ethyl adjacent to an activating group) is 1. The monoisotopic (exact) mass is 281 g/mol. The minimum atomic E-state index is -0.426. The number of hydrogen-bond acceptors (Lipinski definition) is 5. The first-order valence-electron chi connectivity index (χ1n) is 6.77. The van der Waals surface area contributed by atoms with Gasteiger partial charge in [0.25, 0.3) is 0 Å². The lowest BCUT2D eigenvalue weighted by Gasteiger charge is -2.35. The predicted octanol–water partition coefficient (Wildman–Crippen LogP) is 1.49. The molecule has 1 heterocycles. The Balaban J connectivity index is 2.43. The van der Waals surface area contributed by atoms with E-state index in [4.69, 9.17) is 14.2 Å². The summed E-state index contributed by atoms with van der Waals surface area (Å²) < 4.78 is 16.2. The topological polar surface area (TPSA) is 51.2 Å². The molecule has 0 unspecified atom stereocenters. The number of likely N-dealkylation sites (tertiary alicyclic amines) is 1. The van der Waals surface area contributed by atoms with E-state index in [0.29, 0.717) is 23.8 Å². The van der Waals surface area contributed by atoms with Gasteiger partial charge in [-0.2, -0.15) is 0 Å². The molecule has 1 aromatic rings. The molecule has 1 fully saturated rings. The highest BCUT2D eigenvalue weighted by Gasteiger charge is 2.32. The minimum absolute atomic E-state index is 0.0157. The standard InChI is InChI=1S/C15H23NO4/c1-16-6-5-11(12(17)9-16)15-13(19-3)7-10(18-2)8-14(15)20-4/h7-8,11-12,17H,5-6,9H2,1-4H3/t11-,12-/m0/s1. The van der Waals surface area contributed by atoms with Crippen molar-refractivity contribution in [3.63, 3.8) is 0 Å². The minimum Gasteiger partial charge on any atom is -0.496 e. The fourth-order valence-corrected chi connectivity index (χ4v) is 2.82. The Morgan fingerprint density at radius 1 is 1.10 bits per heavy atom. The molecule has 0 bridgehead atoms. The zero-order valence-corrected chi connectivity index (χ0v) is 12.5. The molecule has 5 heteroatoms. The molecule has 1 aromatic carbocycles. The Morgan fingerprint density at radius 3 is 2.15 bits per heavy atom. The van der Waals surface area contributed by atoms with E-state index < -0.39 is 6.10 Å². The highest BCUT2D eigenvalue weighted by Crippen LogP contribution is 2.42. The zero-order valence-electron chi connectivity index (χ0n) is 12.5. The molecule has 112 valence electrons. The molecule has 2 atom stereocenters. The van der Waals surface area contributed by atoms with Crippen molar-refractivity contribution >= 4 is 0 Å². The van der Waals surface area contributed by atoms with Crippen LogP contribution < -0.4 is 14.2 Å². The smallest absolute Gasteiger partial charge is 0.129 e.